The van der Waals surface area contributed by atoms with Crippen molar-refractivity contribution in [1.29, 1.82) is 0 Å². The van der Waals surface area contributed by atoms with Gasteiger partial charge in [0.15, 0.2) is 5.76 Å². The van der Waals surface area contributed by atoms with E-state index in [0.717, 1.165) is 17.7 Å². The van der Waals surface area contributed by atoms with Gasteiger partial charge in [-0.25, -0.2) is 0 Å². The summed E-state index contributed by atoms with van der Waals surface area (Å²) in [5, 5.41) is 5.87. The van der Waals surface area contributed by atoms with Gasteiger partial charge in [-0.2, -0.15) is 0 Å². The molecule has 1 heterocycles. The predicted molar refractivity (Wildman–Crippen MR) is 63.7 cm³/mol. The van der Waals surface area contributed by atoms with Gasteiger partial charge in [0.2, 0.25) is 0 Å². The minimum Gasteiger partial charge on any atom is -0.456 e. The number of amides is 1. The lowest BCUT2D eigenvalue weighted by Crippen LogP contribution is -2.37. The van der Waals surface area contributed by atoms with E-state index in [1.54, 1.807) is 6.07 Å². The summed E-state index contributed by atoms with van der Waals surface area (Å²) in [5.74, 6) is 1.13. The van der Waals surface area contributed by atoms with Crippen LogP contribution in [0.5, 0.6) is 0 Å². The summed E-state index contributed by atoms with van der Waals surface area (Å²) in [6, 6.07) is 2.05. The van der Waals surface area contributed by atoms with Gasteiger partial charge in [-0.3, -0.25) is 4.79 Å². The summed E-state index contributed by atoms with van der Waals surface area (Å²) in [6.45, 7) is 6.56. The highest BCUT2D eigenvalue weighted by molar-refractivity contribution is 5.91. The second-order valence-corrected chi connectivity index (χ2v) is 3.97. The topological polar surface area (TPSA) is 54.3 Å². The molecule has 0 bridgehead atoms. The van der Waals surface area contributed by atoms with Crippen molar-refractivity contribution >= 4 is 5.91 Å². The fourth-order valence-corrected chi connectivity index (χ4v) is 1.42. The zero-order valence-corrected chi connectivity index (χ0v) is 10.4. The molecule has 0 radical (unpaired) electrons. The van der Waals surface area contributed by atoms with Gasteiger partial charge in [-0.1, -0.05) is 6.92 Å². The number of carbonyl (C=O) groups is 1. The average Bonchev–Trinajstić information content (AvgIpc) is 2.66. The normalized spacial score (nSPS) is 12.5. The Bertz CT molecular complexity index is 358. The van der Waals surface area contributed by atoms with Crippen molar-refractivity contribution in [2.24, 2.45) is 0 Å². The molecule has 4 heteroatoms. The van der Waals surface area contributed by atoms with Crippen LogP contribution in [0.15, 0.2) is 10.5 Å². The van der Waals surface area contributed by atoms with Crippen molar-refractivity contribution in [1.82, 2.24) is 10.6 Å². The van der Waals surface area contributed by atoms with Crippen molar-refractivity contribution in [2.75, 3.05) is 13.6 Å². The van der Waals surface area contributed by atoms with Crippen LogP contribution < -0.4 is 10.6 Å². The van der Waals surface area contributed by atoms with Gasteiger partial charge < -0.3 is 15.1 Å². The van der Waals surface area contributed by atoms with Crippen LogP contribution in [0.1, 0.15) is 35.7 Å². The van der Waals surface area contributed by atoms with E-state index in [-0.39, 0.29) is 11.9 Å². The lowest BCUT2D eigenvalue weighted by atomic mass is 10.2. The quantitative estimate of drug-likeness (QED) is 0.796. The summed E-state index contributed by atoms with van der Waals surface area (Å²) in [4.78, 5) is 11.7. The second-order valence-electron chi connectivity index (χ2n) is 3.97. The molecule has 0 aliphatic carbocycles. The zero-order chi connectivity index (χ0) is 12.1. The van der Waals surface area contributed by atoms with E-state index in [4.69, 9.17) is 4.42 Å². The highest BCUT2D eigenvalue weighted by atomic mass is 16.4. The minimum absolute atomic E-state index is 0.148. The van der Waals surface area contributed by atoms with Gasteiger partial charge in [0.25, 0.3) is 5.91 Å². The number of aryl methyl sites for hydroxylation is 2. The Morgan fingerprint density at radius 1 is 1.56 bits per heavy atom. The monoisotopic (exact) mass is 224 g/mol. The molecule has 0 aromatic carbocycles. The molecule has 0 saturated carbocycles. The molecule has 0 aliphatic rings. The van der Waals surface area contributed by atoms with Crippen LogP contribution in [-0.4, -0.2) is 25.5 Å². The molecule has 0 aliphatic heterocycles. The Labute approximate surface area is 96.4 Å². The van der Waals surface area contributed by atoms with Crippen LogP contribution in [0.25, 0.3) is 0 Å². The molecule has 16 heavy (non-hydrogen) atoms. The van der Waals surface area contributed by atoms with E-state index in [0.29, 0.717) is 12.3 Å². The number of nitrogens with one attached hydrogen (secondary N) is 2. The van der Waals surface area contributed by atoms with Gasteiger partial charge in [0.05, 0.1) is 0 Å². The van der Waals surface area contributed by atoms with Crippen LogP contribution in [-0.2, 0) is 6.42 Å². The molecule has 90 valence electrons. The Kier molecular flexibility index (Phi) is 4.55. The lowest BCUT2D eigenvalue weighted by Gasteiger charge is -2.09. The van der Waals surface area contributed by atoms with Crippen molar-refractivity contribution in [3.05, 3.63) is 23.2 Å². The number of hydrogen-bond donors (Lipinski definition) is 2. The second kappa shape index (κ2) is 5.70. The lowest BCUT2D eigenvalue weighted by molar-refractivity contribution is 0.0921. The van der Waals surface area contributed by atoms with Crippen LogP contribution >= 0.6 is 0 Å². The van der Waals surface area contributed by atoms with Gasteiger partial charge in [-0.05, 0) is 32.5 Å². The smallest absolute Gasteiger partial charge is 0.287 e. The summed E-state index contributed by atoms with van der Waals surface area (Å²) in [5.41, 5.74) is 1.04. The molecular formula is C12H20N2O2. The van der Waals surface area contributed by atoms with Crippen molar-refractivity contribution in [2.45, 2.75) is 33.2 Å². The first kappa shape index (κ1) is 12.8. The third kappa shape index (κ3) is 3.10. The summed E-state index contributed by atoms with van der Waals surface area (Å²) in [7, 11) is 1.86. The molecule has 1 amide bonds. The zero-order valence-electron chi connectivity index (χ0n) is 10.4. The maximum absolute atomic E-state index is 11.7. The number of hydrogen-bond acceptors (Lipinski definition) is 3. The molecular weight excluding hydrogens is 204 g/mol. The van der Waals surface area contributed by atoms with E-state index in [1.165, 1.54) is 0 Å². The summed E-state index contributed by atoms with van der Waals surface area (Å²) >= 11 is 0. The molecule has 1 aromatic rings. The van der Waals surface area contributed by atoms with E-state index in [2.05, 4.69) is 10.6 Å². The largest absolute Gasteiger partial charge is 0.456 e. The highest BCUT2D eigenvalue weighted by Crippen LogP contribution is 2.14. The first-order valence-corrected chi connectivity index (χ1v) is 5.63. The fraction of sp³-hybridized carbons (Fsp3) is 0.583. The van der Waals surface area contributed by atoms with Crippen LogP contribution in [0, 0.1) is 6.92 Å². The SMILES string of the molecule is CCc1oc(C(=O)NCC(C)NC)cc1C. The molecule has 0 spiro atoms. The minimum atomic E-state index is -0.148. The van der Waals surface area contributed by atoms with Crippen LogP contribution in [0.3, 0.4) is 0 Å². The van der Waals surface area contributed by atoms with Crippen LogP contribution in [0.4, 0.5) is 0 Å². The van der Waals surface area contributed by atoms with E-state index in [1.807, 2.05) is 27.8 Å². The number of furan rings is 1. The van der Waals surface area contributed by atoms with E-state index >= 15 is 0 Å². The third-order valence-corrected chi connectivity index (χ3v) is 2.63. The summed E-state index contributed by atoms with van der Waals surface area (Å²) < 4.78 is 5.46. The predicted octanol–water partition coefficient (Wildman–Crippen LogP) is 1.49. The first-order chi connectivity index (χ1) is 7.58. The third-order valence-electron chi connectivity index (χ3n) is 2.63. The van der Waals surface area contributed by atoms with Gasteiger partial charge >= 0.3 is 0 Å². The molecule has 0 fully saturated rings. The van der Waals surface area contributed by atoms with Gasteiger partial charge in [0, 0.05) is 19.0 Å². The maximum Gasteiger partial charge on any atom is 0.287 e. The number of carbonyl (C=O) groups excluding carboxylic acids is 1. The maximum atomic E-state index is 11.7. The van der Waals surface area contributed by atoms with E-state index in [9.17, 15) is 4.79 Å². The molecule has 4 nitrogen and oxygen atoms in total. The van der Waals surface area contributed by atoms with Gasteiger partial charge in [0.1, 0.15) is 5.76 Å². The molecule has 1 aromatic heterocycles. The summed E-state index contributed by atoms with van der Waals surface area (Å²) in [6.07, 6.45) is 0.812. The Hall–Kier alpha value is -1.29. The Morgan fingerprint density at radius 2 is 2.25 bits per heavy atom. The Morgan fingerprint density at radius 3 is 2.75 bits per heavy atom. The standard InChI is InChI=1S/C12H20N2O2/c1-5-10-8(2)6-11(16-10)12(15)14-7-9(3)13-4/h6,9,13H,5,7H2,1-4H3,(H,14,15). The molecule has 0 saturated heterocycles. The van der Waals surface area contributed by atoms with Gasteiger partial charge in [-0.15, -0.1) is 0 Å². The highest BCUT2D eigenvalue weighted by Gasteiger charge is 2.13. The molecule has 1 unspecified atom stereocenters. The number of likely N-dealkylation sites (N-methyl/N-ethyl adjacent to an activating group) is 1. The van der Waals surface area contributed by atoms with Crippen LogP contribution in [0.2, 0.25) is 0 Å². The molecule has 1 rings (SSSR count). The van der Waals surface area contributed by atoms with Crippen molar-refractivity contribution < 1.29 is 9.21 Å². The average molecular weight is 224 g/mol. The number of rotatable bonds is 5. The fourth-order valence-electron chi connectivity index (χ4n) is 1.42. The van der Waals surface area contributed by atoms with E-state index < -0.39 is 0 Å². The Balaban J connectivity index is 2.59. The first-order valence-electron chi connectivity index (χ1n) is 5.63. The molecule has 1 atom stereocenters. The van der Waals surface area contributed by atoms with Crippen molar-refractivity contribution in [3.63, 3.8) is 0 Å². The molecule has 2 N–H and O–H groups in total. The van der Waals surface area contributed by atoms with Crippen molar-refractivity contribution in [3.8, 4) is 0 Å².